The van der Waals surface area contributed by atoms with E-state index in [0.717, 1.165) is 22.4 Å². The van der Waals surface area contributed by atoms with Crippen molar-refractivity contribution in [2.75, 3.05) is 0 Å². The van der Waals surface area contributed by atoms with E-state index in [2.05, 4.69) is 5.43 Å². The molecular formula is C21H20ClN2O3-. The number of carbonyl (C=O) groups is 2. The van der Waals surface area contributed by atoms with Crippen LogP contribution in [0.4, 0.5) is 0 Å². The number of halogens is 1. The van der Waals surface area contributed by atoms with Crippen molar-refractivity contribution < 1.29 is 14.7 Å². The lowest BCUT2D eigenvalue weighted by molar-refractivity contribution is -0.305. The third kappa shape index (κ3) is 4.49. The molecule has 5 nitrogen and oxygen atoms in total. The molecule has 27 heavy (non-hydrogen) atoms. The summed E-state index contributed by atoms with van der Waals surface area (Å²) in [5.41, 5.74) is 6.89. The standard InChI is InChI=1S/C21H21ClN2O3/c1-14-9-11-15(12-10-14)18-13-19(16-5-2-3-6-17(16)22)24(23-18)20(25)7-4-8-21(26)27/h2-3,5-6,9-13,19,23H,4,7-8H2,1H3,(H,26,27)/p-1/t19-/m1/s1. The van der Waals surface area contributed by atoms with Crippen molar-refractivity contribution in [3.8, 4) is 0 Å². The van der Waals surface area contributed by atoms with Crippen molar-refractivity contribution in [2.24, 2.45) is 0 Å². The second-order valence-corrected chi connectivity index (χ2v) is 6.92. The van der Waals surface area contributed by atoms with Gasteiger partial charge in [0.05, 0.1) is 5.70 Å². The van der Waals surface area contributed by atoms with Crippen LogP contribution in [0, 0.1) is 6.92 Å². The Morgan fingerprint density at radius 3 is 2.48 bits per heavy atom. The van der Waals surface area contributed by atoms with Crippen LogP contribution in [0.2, 0.25) is 5.02 Å². The van der Waals surface area contributed by atoms with Gasteiger partial charge in [-0.3, -0.25) is 10.2 Å². The Morgan fingerprint density at radius 2 is 1.81 bits per heavy atom. The van der Waals surface area contributed by atoms with Crippen LogP contribution in [0.25, 0.3) is 5.70 Å². The first-order valence-electron chi connectivity index (χ1n) is 8.77. The van der Waals surface area contributed by atoms with Crippen LogP contribution in [-0.2, 0) is 9.59 Å². The topological polar surface area (TPSA) is 72.5 Å². The Balaban J connectivity index is 1.87. The van der Waals surface area contributed by atoms with Crippen molar-refractivity contribution in [3.05, 3.63) is 76.3 Å². The number of rotatable bonds is 6. The maximum Gasteiger partial charge on any atom is 0.241 e. The lowest BCUT2D eigenvalue weighted by atomic mass is 10.0. The van der Waals surface area contributed by atoms with E-state index in [9.17, 15) is 14.7 Å². The van der Waals surface area contributed by atoms with E-state index in [-0.39, 0.29) is 31.2 Å². The number of nitrogens with one attached hydrogen (secondary N) is 1. The second kappa shape index (κ2) is 8.27. The molecule has 1 aliphatic heterocycles. The SMILES string of the molecule is Cc1ccc(C2=C[C@H](c3ccccc3Cl)N(C(=O)CCCC(=O)[O-])N2)cc1. The van der Waals surface area contributed by atoms with Crippen LogP contribution < -0.4 is 10.5 Å². The van der Waals surface area contributed by atoms with Crippen molar-refractivity contribution >= 4 is 29.2 Å². The van der Waals surface area contributed by atoms with Crippen LogP contribution >= 0.6 is 11.6 Å². The zero-order chi connectivity index (χ0) is 19.4. The molecule has 1 heterocycles. The van der Waals surface area contributed by atoms with Crippen molar-refractivity contribution in [2.45, 2.75) is 32.2 Å². The summed E-state index contributed by atoms with van der Waals surface area (Å²) < 4.78 is 0. The highest BCUT2D eigenvalue weighted by molar-refractivity contribution is 6.31. The van der Waals surface area contributed by atoms with Gasteiger partial charge >= 0.3 is 0 Å². The fourth-order valence-corrected chi connectivity index (χ4v) is 3.28. The summed E-state index contributed by atoms with van der Waals surface area (Å²) in [7, 11) is 0. The predicted molar refractivity (Wildman–Crippen MR) is 102 cm³/mol. The smallest absolute Gasteiger partial charge is 0.241 e. The highest BCUT2D eigenvalue weighted by atomic mass is 35.5. The van der Waals surface area contributed by atoms with Crippen molar-refractivity contribution in [1.82, 2.24) is 10.4 Å². The van der Waals surface area contributed by atoms with E-state index in [1.165, 1.54) is 5.01 Å². The molecule has 3 rings (SSSR count). The molecule has 0 aromatic heterocycles. The molecule has 1 N–H and O–H groups in total. The molecule has 0 saturated carbocycles. The van der Waals surface area contributed by atoms with E-state index in [4.69, 9.17) is 11.6 Å². The fourth-order valence-electron chi connectivity index (χ4n) is 3.03. The maximum atomic E-state index is 12.7. The number of carboxylic acids is 1. The predicted octanol–water partition coefficient (Wildman–Crippen LogP) is 3.00. The summed E-state index contributed by atoms with van der Waals surface area (Å²) >= 11 is 6.35. The third-order valence-corrected chi connectivity index (χ3v) is 4.81. The summed E-state index contributed by atoms with van der Waals surface area (Å²) in [6, 6.07) is 15.0. The van der Waals surface area contributed by atoms with Crippen molar-refractivity contribution in [1.29, 1.82) is 0 Å². The second-order valence-electron chi connectivity index (χ2n) is 6.51. The summed E-state index contributed by atoms with van der Waals surface area (Å²) in [4.78, 5) is 23.3. The van der Waals surface area contributed by atoms with Gasteiger partial charge in [-0.25, -0.2) is 5.01 Å². The van der Waals surface area contributed by atoms with Gasteiger partial charge in [-0.15, -0.1) is 0 Å². The lowest BCUT2D eigenvalue weighted by Crippen LogP contribution is -2.39. The van der Waals surface area contributed by atoms with Gasteiger partial charge in [0.25, 0.3) is 0 Å². The van der Waals surface area contributed by atoms with Crippen LogP contribution in [-0.4, -0.2) is 16.9 Å². The quantitative estimate of drug-likeness (QED) is 0.832. The molecule has 6 heteroatoms. The molecule has 1 aliphatic rings. The minimum Gasteiger partial charge on any atom is -0.550 e. The third-order valence-electron chi connectivity index (χ3n) is 4.47. The molecule has 140 valence electrons. The first-order chi connectivity index (χ1) is 13.0. The van der Waals surface area contributed by atoms with Gasteiger partial charge in [0, 0.05) is 17.4 Å². The molecule has 2 aromatic rings. The van der Waals surface area contributed by atoms with Gasteiger partial charge in [0.15, 0.2) is 0 Å². The van der Waals surface area contributed by atoms with Gasteiger partial charge in [-0.2, -0.15) is 0 Å². The molecule has 0 saturated heterocycles. The van der Waals surface area contributed by atoms with Crippen LogP contribution in [0.15, 0.2) is 54.6 Å². The maximum absolute atomic E-state index is 12.7. The first kappa shape index (κ1) is 19.0. The molecule has 0 spiro atoms. The Labute approximate surface area is 163 Å². The number of benzene rings is 2. The molecule has 1 atom stereocenters. The number of hydrogen-bond acceptors (Lipinski definition) is 4. The van der Waals surface area contributed by atoms with Crippen LogP contribution in [0.3, 0.4) is 0 Å². The Hall–Kier alpha value is -2.79. The Bertz CT molecular complexity index is 877. The van der Waals surface area contributed by atoms with Gasteiger partial charge in [-0.1, -0.05) is 59.6 Å². The number of aliphatic carboxylic acids is 1. The Morgan fingerprint density at radius 1 is 1.11 bits per heavy atom. The molecule has 2 aromatic carbocycles. The monoisotopic (exact) mass is 383 g/mol. The normalized spacial score (nSPS) is 16.0. The lowest BCUT2D eigenvalue weighted by Gasteiger charge is -2.26. The summed E-state index contributed by atoms with van der Waals surface area (Å²) in [6.07, 6.45) is 2.16. The van der Waals surface area contributed by atoms with Gasteiger partial charge in [-0.05, 0) is 43.0 Å². The summed E-state index contributed by atoms with van der Waals surface area (Å²) in [6.45, 7) is 2.01. The zero-order valence-electron chi connectivity index (χ0n) is 14.9. The molecule has 0 fully saturated rings. The Kier molecular flexibility index (Phi) is 5.81. The van der Waals surface area contributed by atoms with E-state index in [1.54, 1.807) is 6.07 Å². The highest BCUT2D eigenvalue weighted by Crippen LogP contribution is 2.35. The number of hydrazine groups is 1. The minimum absolute atomic E-state index is 0.108. The summed E-state index contributed by atoms with van der Waals surface area (Å²) in [5, 5.41) is 12.7. The number of nitrogens with zero attached hydrogens (tertiary/aromatic N) is 1. The molecule has 1 amide bonds. The van der Waals surface area contributed by atoms with E-state index >= 15 is 0 Å². The minimum atomic E-state index is -1.15. The molecule has 0 unspecified atom stereocenters. The summed E-state index contributed by atoms with van der Waals surface area (Å²) in [5.74, 6) is -1.35. The number of hydrogen-bond donors (Lipinski definition) is 1. The van der Waals surface area contributed by atoms with Gasteiger partial charge in [0.2, 0.25) is 5.91 Å². The van der Waals surface area contributed by atoms with Gasteiger partial charge in [0.1, 0.15) is 6.04 Å². The number of carboxylic acid groups (broad SMARTS) is 1. The average Bonchev–Trinajstić information content (AvgIpc) is 3.07. The number of amides is 1. The zero-order valence-corrected chi connectivity index (χ0v) is 15.7. The fraction of sp³-hybridized carbons (Fsp3) is 0.238. The van der Waals surface area contributed by atoms with Crippen LogP contribution in [0.5, 0.6) is 0 Å². The molecule has 0 radical (unpaired) electrons. The number of aryl methyl sites for hydroxylation is 1. The van der Waals surface area contributed by atoms with E-state index in [1.807, 2.05) is 55.5 Å². The largest absolute Gasteiger partial charge is 0.550 e. The highest BCUT2D eigenvalue weighted by Gasteiger charge is 2.31. The average molecular weight is 384 g/mol. The first-order valence-corrected chi connectivity index (χ1v) is 9.15. The van der Waals surface area contributed by atoms with Gasteiger partial charge < -0.3 is 9.90 Å². The van der Waals surface area contributed by atoms with E-state index < -0.39 is 5.97 Å². The number of carbonyl (C=O) groups excluding carboxylic acids is 2. The molecule has 0 aliphatic carbocycles. The molecular weight excluding hydrogens is 364 g/mol. The van der Waals surface area contributed by atoms with Crippen LogP contribution in [0.1, 0.15) is 42.0 Å². The van der Waals surface area contributed by atoms with Crippen molar-refractivity contribution in [3.63, 3.8) is 0 Å². The van der Waals surface area contributed by atoms with E-state index in [0.29, 0.717) is 5.02 Å². The molecule has 0 bridgehead atoms.